The number of nitriles is 1. The molecule has 0 bridgehead atoms. The van der Waals surface area contributed by atoms with Crippen molar-refractivity contribution < 1.29 is 0 Å². The molecule has 0 radical (unpaired) electrons. The summed E-state index contributed by atoms with van der Waals surface area (Å²) in [7, 11) is 0. The Hall–Kier alpha value is -1.01. The predicted molar refractivity (Wildman–Crippen MR) is 124 cm³/mol. The van der Waals surface area contributed by atoms with Crippen LogP contribution in [0, 0.1) is 70.0 Å². The van der Waals surface area contributed by atoms with Crippen molar-refractivity contribution in [2.45, 2.75) is 86.0 Å². The summed E-state index contributed by atoms with van der Waals surface area (Å²) in [4.78, 5) is 0. The molecular formula is C27H45N3. The van der Waals surface area contributed by atoms with Crippen LogP contribution in [0.1, 0.15) is 86.0 Å². The highest BCUT2D eigenvalue weighted by molar-refractivity contribution is 5.16. The topological polar surface area (TPSA) is 53.0 Å². The van der Waals surface area contributed by atoms with Gasteiger partial charge < -0.3 is 5.01 Å². The van der Waals surface area contributed by atoms with E-state index in [-0.39, 0.29) is 0 Å². The van der Waals surface area contributed by atoms with Gasteiger partial charge in [-0.3, -0.25) is 0 Å². The van der Waals surface area contributed by atoms with Crippen LogP contribution >= 0.6 is 0 Å². The Morgan fingerprint density at radius 1 is 1.13 bits per heavy atom. The molecule has 0 aromatic heterocycles. The van der Waals surface area contributed by atoms with E-state index in [1.165, 1.54) is 51.4 Å². The summed E-state index contributed by atoms with van der Waals surface area (Å²) in [6.45, 7) is 12.8. The van der Waals surface area contributed by atoms with Crippen molar-refractivity contribution in [3.05, 3.63) is 11.8 Å². The number of fused-ring (bicyclic) bond motifs is 5. The molecule has 0 spiro atoms. The van der Waals surface area contributed by atoms with Gasteiger partial charge in [0.1, 0.15) is 0 Å². The highest BCUT2D eigenvalue weighted by Crippen LogP contribution is 2.67. The van der Waals surface area contributed by atoms with Gasteiger partial charge in [0.25, 0.3) is 0 Å². The van der Waals surface area contributed by atoms with Crippen molar-refractivity contribution in [2.24, 2.45) is 64.5 Å². The Labute approximate surface area is 185 Å². The van der Waals surface area contributed by atoms with Crippen molar-refractivity contribution in [1.82, 2.24) is 5.01 Å². The van der Waals surface area contributed by atoms with Crippen LogP contribution in [0.25, 0.3) is 0 Å². The van der Waals surface area contributed by atoms with Gasteiger partial charge in [-0.2, -0.15) is 5.26 Å². The molecule has 4 rings (SSSR count). The first kappa shape index (κ1) is 22.2. The Kier molecular flexibility index (Phi) is 6.28. The molecule has 10 atom stereocenters. The number of hydrogen-bond acceptors (Lipinski definition) is 3. The summed E-state index contributed by atoms with van der Waals surface area (Å²) < 4.78 is 0. The van der Waals surface area contributed by atoms with E-state index in [1.54, 1.807) is 5.01 Å². The molecule has 4 saturated carbocycles. The molecule has 0 saturated heterocycles. The summed E-state index contributed by atoms with van der Waals surface area (Å²) in [5, 5.41) is 10.8. The fourth-order valence-electron chi connectivity index (χ4n) is 9.36. The second kappa shape index (κ2) is 8.50. The van der Waals surface area contributed by atoms with Crippen LogP contribution < -0.4 is 5.84 Å². The van der Waals surface area contributed by atoms with Gasteiger partial charge in [-0.15, -0.1) is 0 Å². The maximum Gasteiger partial charge on any atom is 0.0959 e. The first-order chi connectivity index (χ1) is 14.2. The smallest absolute Gasteiger partial charge is 0.0959 e. The quantitative estimate of drug-likeness (QED) is 0.332. The monoisotopic (exact) mass is 411 g/mol. The Balaban J connectivity index is 1.49. The maximum absolute atomic E-state index is 9.07. The number of rotatable bonds is 4. The highest BCUT2D eigenvalue weighted by Gasteiger charge is 2.59. The minimum absolute atomic E-state index is 0.476. The van der Waals surface area contributed by atoms with Gasteiger partial charge in [-0.25, -0.2) is 5.84 Å². The summed E-state index contributed by atoms with van der Waals surface area (Å²) in [6, 6.07) is 2.19. The molecule has 4 fully saturated rings. The molecule has 2 N–H and O–H groups in total. The van der Waals surface area contributed by atoms with Gasteiger partial charge in [-0.1, -0.05) is 34.1 Å². The average Bonchev–Trinajstić information content (AvgIpc) is 2.98. The van der Waals surface area contributed by atoms with E-state index < -0.39 is 0 Å². The first-order valence-electron chi connectivity index (χ1n) is 12.8. The largest absolute Gasteiger partial charge is 0.317 e. The lowest BCUT2D eigenvalue weighted by atomic mass is 9.48. The molecule has 4 aliphatic carbocycles. The first-order valence-corrected chi connectivity index (χ1v) is 12.8. The maximum atomic E-state index is 9.07. The third-order valence-electron chi connectivity index (χ3n) is 10.3. The van der Waals surface area contributed by atoms with Crippen LogP contribution in [-0.4, -0.2) is 11.6 Å². The van der Waals surface area contributed by atoms with Crippen LogP contribution in [0.5, 0.6) is 0 Å². The van der Waals surface area contributed by atoms with Crippen molar-refractivity contribution in [3.8, 4) is 6.07 Å². The van der Waals surface area contributed by atoms with Crippen molar-refractivity contribution >= 4 is 0 Å². The fraction of sp³-hybridized carbons (Fsp3) is 0.889. The van der Waals surface area contributed by atoms with Crippen LogP contribution in [0.4, 0.5) is 0 Å². The van der Waals surface area contributed by atoms with E-state index in [2.05, 4.69) is 33.8 Å². The Morgan fingerprint density at radius 2 is 1.87 bits per heavy atom. The van der Waals surface area contributed by atoms with Crippen LogP contribution in [0.15, 0.2) is 11.8 Å². The molecule has 3 heteroatoms. The number of nitrogens with zero attached hydrogens (tertiary/aromatic N) is 2. The average molecular weight is 412 g/mol. The second-order valence-electron chi connectivity index (χ2n) is 12.2. The zero-order valence-electron chi connectivity index (χ0n) is 20.1. The Morgan fingerprint density at radius 3 is 2.60 bits per heavy atom. The number of hydrogen-bond donors (Lipinski definition) is 1. The SMILES string of the molecule is C/C(C#N)=C\N(N)C[C@@H](C)C1CC(C)C2C3CCC4CC(C)CCC4C3CCC21C. The van der Waals surface area contributed by atoms with Crippen LogP contribution in [0.3, 0.4) is 0 Å². The third-order valence-corrected chi connectivity index (χ3v) is 10.3. The van der Waals surface area contributed by atoms with Crippen molar-refractivity contribution in [2.75, 3.05) is 6.54 Å². The number of allylic oxidation sites excluding steroid dienone is 1. The van der Waals surface area contributed by atoms with E-state index in [0.717, 1.165) is 53.9 Å². The van der Waals surface area contributed by atoms with Gasteiger partial charge in [0.2, 0.25) is 0 Å². The zero-order chi connectivity index (χ0) is 21.6. The van der Waals surface area contributed by atoms with Gasteiger partial charge >= 0.3 is 0 Å². The molecule has 9 unspecified atom stereocenters. The number of hydrazine groups is 1. The molecule has 0 aromatic carbocycles. The molecule has 168 valence electrons. The van der Waals surface area contributed by atoms with Gasteiger partial charge in [-0.05, 0) is 111 Å². The normalized spacial score (nSPS) is 46.9. The number of nitrogens with two attached hydrogens (primary N) is 1. The predicted octanol–water partition coefficient (Wildman–Crippen LogP) is 6.38. The molecular weight excluding hydrogens is 366 g/mol. The van der Waals surface area contributed by atoms with Gasteiger partial charge in [0, 0.05) is 18.3 Å². The Bertz CT molecular complexity index is 693. The molecule has 0 aliphatic heterocycles. The summed E-state index contributed by atoms with van der Waals surface area (Å²) in [6.07, 6.45) is 13.6. The van der Waals surface area contributed by atoms with E-state index in [0.29, 0.717) is 16.9 Å². The lowest BCUT2D eigenvalue weighted by molar-refractivity contribution is -0.0818. The minimum atomic E-state index is 0.476. The van der Waals surface area contributed by atoms with Gasteiger partial charge in [0.15, 0.2) is 0 Å². The highest BCUT2D eigenvalue weighted by atomic mass is 15.4. The summed E-state index contributed by atoms with van der Waals surface area (Å²) >= 11 is 0. The standard InChI is InChI=1S/C27H45N3/c1-17-6-8-22-21(12-17)7-9-24-23(22)10-11-27(5)25(13-19(3)26(24)27)20(4)16-30(29)15-18(2)14-28/h15,17,19-26H,6-13,16,29H2,1-5H3/b18-15+/t17?,19?,20-,21?,22?,23?,24?,25?,26?,27?/m1/s1. The van der Waals surface area contributed by atoms with Gasteiger partial charge in [0.05, 0.1) is 6.07 Å². The lowest BCUT2D eigenvalue weighted by Crippen LogP contribution is -2.50. The van der Waals surface area contributed by atoms with Crippen molar-refractivity contribution in [3.63, 3.8) is 0 Å². The molecule has 4 aliphatic rings. The molecule has 0 aromatic rings. The summed E-state index contributed by atoms with van der Waals surface area (Å²) in [5.41, 5.74) is 1.16. The summed E-state index contributed by atoms with van der Waals surface area (Å²) in [5.74, 6) is 14.4. The lowest BCUT2D eigenvalue weighted by Gasteiger charge is -2.57. The van der Waals surface area contributed by atoms with Crippen LogP contribution in [-0.2, 0) is 0 Å². The molecule has 3 nitrogen and oxygen atoms in total. The molecule has 0 amide bonds. The third kappa shape index (κ3) is 3.83. The van der Waals surface area contributed by atoms with Crippen molar-refractivity contribution in [1.29, 1.82) is 5.26 Å². The van der Waals surface area contributed by atoms with E-state index in [4.69, 9.17) is 11.1 Å². The molecule has 0 heterocycles. The van der Waals surface area contributed by atoms with E-state index >= 15 is 0 Å². The van der Waals surface area contributed by atoms with E-state index in [9.17, 15) is 0 Å². The minimum Gasteiger partial charge on any atom is -0.317 e. The second-order valence-corrected chi connectivity index (χ2v) is 12.2. The molecule has 30 heavy (non-hydrogen) atoms. The van der Waals surface area contributed by atoms with Crippen LogP contribution in [0.2, 0.25) is 0 Å². The zero-order valence-corrected chi connectivity index (χ0v) is 20.1. The fourth-order valence-corrected chi connectivity index (χ4v) is 9.36. The van der Waals surface area contributed by atoms with E-state index in [1.807, 2.05) is 13.1 Å².